The number of carbonyl (C=O) groups excluding carboxylic acids is 1. The van der Waals surface area contributed by atoms with Crippen LogP contribution in [-0.2, 0) is 0 Å². The van der Waals surface area contributed by atoms with Gasteiger partial charge in [-0.15, -0.1) is 11.3 Å². The van der Waals surface area contributed by atoms with E-state index in [-0.39, 0.29) is 5.56 Å². The van der Waals surface area contributed by atoms with E-state index < -0.39 is 5.97 Å². The second-order valence-corrected chi connectivity index (χ2v) is 6.27. The van der Waals surface area contributed by atoms with Crippen molar-refractivity contribution in [1.82, 2.24) is 4.98 Å². The Hall–Kier alpha value is -3.12. The Balaban J connectivity index is 1.78. The van der Waals surface area contributed by atoms with Crippen LogP contribution in [0.5, 0.6) is 11.5 Å². The van der Waals surface area contributed by atoms with E-state index in [2.05, 4.69) is 4.98 Å². The molecule has 1 heterocycles. The SMILES string of the molecule is COc1ccc(-c2csc(/C=C/c3ccc(C(=O)[O-])cc3)n2)cc1OC. The number of hydrogen-bond donors (Lipinski definition) is 0. The zero-order valence-electron chi connectivity index (χ0n) is 14.3. The Labute approximate surface area is 155 Å². The second-order valence-electron chi connectivity index (χ2n) is 5.38. The number of rotatable bonds is 6. The van der Waals surface area contributed by atoms with Crippen molar-refractivity contribution < 1.29 is 19.4 Å². The lowest BCUT2D eigenvalue weighted by molar-refractivity contribution is -0.255. The lowest BCUT2D eigenvalue weighted by Gasteiger charge is -2.08. The van der Waals surface area contributed by atoms with E-state index in [0.717, 1.165) is 21.8 Å². The van der Waals surface area contributed by atoms with Crippen molar-refractivity contribution in [2.24, 2.45) is 0 Å². The number of aromatic nitrogens is 1. The smallest absolute Gasteiger partial charge is 0.161 e. The molecule has 0 amide bonds. The maximum absolute atomic E-state index is 10.8. The van der Waals surface area contributed by atoms with Crippen molar-refractivity contribution >= 4 is 29.5 Å². The van der Waals surface area contributed by atoms with Gasteiger partial charge in [-0.25, -0.2) is 4.98 Å². The summed E-state index contributed by atoms with van der Waals surface area (Å²) in [5.41, 5.74) is 2.84. The maximum atomic E-state index is 10.8. The average Bonchev–Trinajstić information content (AvgIpc) is 3.15. The van der Waals surface area contributed by atoms with Gasteiger partial charge in [0.15, 0.2) is 11.5 Å². The van der Waals surface area contributed by atoms with E-state index in [1.807, 2.05) is 35.7 Å². The number of carbonyl (C=O) groups is 1. The molecule has 1 aromatic heterocycles. The summed E-state index contributed by atoms with van der Waals surface area (Å²) in [6, 6.07) is 12.2. The number of carboxylic acid groups (broad SMARTS) is 1. The number of hydrogen-bond acceptors (Lipinski definition) is 6. The van der Waals surface area contributed by atoms with Gasteiger partial charge in [-0.2, -0.15) is 0 Å². The van der Waals surface area contributed by atoms with Crippen LogP contribution in [0.3, 0.4) is 0 Å². The van der Waals surface area contributed by atoms with Crippen molar-refractivity contribution in [3.8, 4) is 22.8 Å². The summed E-state index contributed by atoms with van der Waals surface area (Å²) in [7, 11) is 3.20. The van der Waals surface area contributed by atoms with Gasteiger partial charge in [-0.1, -0.05) is 30.3 Å². The zero-order valence-corrected chi connectivity index (χ0v) is 15.1. The zero-order chi connectivity index (χ0) is 18.5. The Morgan fingerprint density at radius 2 is 1.77 bits per heavy atom. The Kier molecular flexibility index (Phi) is 5.34. The third-order valence-corrected chi connectivity index (χ3v) is 4.58. The van der Waals surface area contributed by atoms with E-state index in [1.165, 1.54) is 23.5 Å². The molecule has 3 rings (SSSR count). The molecule has 0 saturated carbocycles. The van der Waals surface area contributed by atoms with Gasteiger partial charge >= 0.3 is 0 Å². The normalized spacial score (nSPS) is 10.8. The minimum Gasteiger partial charge on any atom is -0.545 e. The summed E-state index contributed by atoms with van der Waals surface area (Å²) in [5, 5.41) is 13.6. The highest BCUT2D eigenvalue weighted by Crippen LogP contribution is 2.32. The first-order valence-corrected chi connectivity index (χ1v) is 8.66. The van der Waals surface area contributed by atoms with Gasteiger partial charge in [0.2, 0.25) is 0 Å². The first-order valence-electron chi connectivity index (χ1n) is 7.78. The monoisotopic (exact) mass is 366 g/mol. The summed E-state index contributed by atoms with van der Waals surface area (Å²) in [6.07, 6.45) is 3.78. The lowest BCUT2D eigenvalue weighted by atomic mass is 10.1. The molecule has 0 bridgehead atoms. The van der Waals surface area contributed by atoms with Crippen LogP contribution in [0.2, 0.25) is 0 Å². The second kappa shape index (κ2) is 7.84. The minimum absolute atomic E-state index is 0.159. The van der Waals surface area contributed by atoms with E-state index in [1.54, 1.807) is 26.4 Å². The van der Waals surface area contributed by atoms with Gasteiger partial charge in [-0.05, 0) is 35.4 Å². The van der Waals surface area contributed by atoms with Crippen LogP contribution in [0.4, 0.5) is 0 Å². The fourth-order valence-electron chi connectivity index (χ4n) is 2.39. The lowest BCUT2D eigenvalue weighted by Crippen LogP contribution is -2.21. The number of benzene rings is 2. The third-order valence-electron chi connectivity index (χ3n) is 3.77. The van der Waals surface area contributed by atoms with E-state index in [0.29, 0.717) is 11.5 Å². The predicted molar refractivity (Wildman–Crippen MR) is 100 cm³/mol. The quantitative estimate of drug-likeness (QED) is 0.669. The maximum Gasteiger partial charge on any atom is 0.161 e. The summed E-state index contributed by atoms with van der Waals surface area (Å²) in [5.74, 6) is 0.148. The third kappa shape index (κ3) is 3.92. The predicted octanol–water partition coefficient (Wildman–Crippen LogP) is 3.36. The van der Waals surface area contributed by atoms with Crippen LogP contribution in [0.25, 0.3) is 23.4 Å². The molecule has 0 spiro atoms. The number of carboxylic acids is 1. The van der Waals surface area contributed by atoms with Gasteiger partial charge in [0.05, 0.1) is 25.9 Å². The van der Waals surface area contributed by atoms with E-state index in [4.69, 9.17) is 9.47 Å². The Morgan fingerprint density at radius 1 is 1.04 bits per heavy atom. The molecule has 26 heavy (non-hydrogen) atoms. The van der Waals surface area contributed by atoms with E-state index in [9.17, 15) is 9.90 Å². The van der Waals surface area contributed by atoms with Gasteiger partial charge in [0.25, 0.3) is 0 Å². The van der Waals surface area contributed by atoms with Crippen LogP contribution in [0, 0.1) is 0 Å². The first-order chi connectivity index (χ1) is 12.6. The number of ether oxygens (including phenoxy) is 2. The molecule has 0 N–H and O–H groups in total. The molecule has 0 atom stereocenters. The van der Waals surface area contributed by atoms with Crippen LogP contribution >= 0.6 is 11.3 Å². The summed E-state index contributed by atoms with van der Waals surface area (Å²) < 4.78 is 10.6. The van der Waals surface area contributed by atoms with Crippen molar-refractivity contribution in [1.29, 1.82) is 0 Å². The molecule has 0 unspecified atom stereocenters. The van der Waals surface area contributed by atoms with Gasteiger partial charge in [0, 0.05) is 10.9 Å². The molecule has 3 aromatic rings. The highest BCUT2D eigenvalue weighted by atomic mass is 32.1. The standard InChI is InChI=1S/C20H17NO4S/c1-24-17-9-8-15(11-18(17)25-2)16-12-26-19(21-16)10-5-13-3-6-14(7-4-13)20(22)23/h3-12H,1-2H3,(H,22,23)/p-1/b10-5+. The molecule has 2 aromatic carbocycles. The fourth-order valence-corrected chi connectivity index (χ4v) is 3.11. The average molecular weight is 366 g/mol. The molecule has 132 valence electrons. The fraction of sp³-hybridized carbons (Fsp3) is 0.100. The molecule has 0 aliphatic carbocycles. The first kappa shape index (κ1) is 17.7. The molecule has 0 fully saturated rings. The van der Waals surface area contributed by atoms with Gasteiger partial charge in [0.1, 0.15) is 5.01 Å². The molecule has 0 aliphatic rings. The van der Waals surface area contributed by atoms with Crippen molar-refractivity contribution in [3.63, 3.8) is 0 Å². The van der Waals surface area contributed by atoms with Crippen LogP contribution in [-0.4, -0.2) is 25.2 Å². The Bertz CT molecular complexity index is 945. The largest absolute Gasteiger partial charge is 0.545 e. The summed E-state index contributed by atoms with van der Waals surface area (Å²) in [6.45, 7) is 0. The van der Waals surface area contributed by atoms with E-state index >= 15 is 0 Å². The molecule has 0 saturated heterocycles. The van der Waals surface area contributed by atoms with Crippen molar-refractivity contribution in [2.45, 2.75) is 0 Å². The number of aromatic carboxylic acids is 1. The van der Waals surface area contributed by atoms with Crippen LogP contribution in [0.1, 0.15) is 20.9 Å². The molecule has 0 aliphatic heterocycles. The molecule has 0 radical (unpaired) electrons. The van der Waals surface area contributed by atoms with Crippen molar-refractivity contribution in [3.05, 3.63) is 64.0 Å². The molecule has 6 heteroatoms. The topological polar surface area (TPSA) is 71.5 Å². The molecular formula is C20H16NO4S-. The van der Waals surface area contributed by atoms with Crippen molar-refractivity contribution in [2.75, 3.05) is 14.2 Å². The summed E-state index contributed by atoms with van der Waals surface area (Å²) >= 11 is 1.52. The van der Waals surface area contributed by atoms with Crippen LogP contribution < -0.4 is 14.6 Å². The number of nitrogens with zero attached hydrogens (tertiary/aromatic N) is 1. The summed E-state index contributed by atoms with van der Waals surface area (Å²) in [4.78, 5) is 15.4. The van der Waals surface area contributed by atoms with Gasteiger partial charge < -0.3 is 19.4 Å². The minimum atomic E-state index is -1.18. The van der Waals surface area contributed by atoms with Gasteiger partial charge in [-0.3, -0.25) is 0 Å². The van der Waals surface area contributed by atoms with Crippen LogP contribution in [0.15, 0.2) is 47.8 Å². The Morgan fingerprint density at radius 3 is 2.42 bits per heavy atom. The highest BCUT2D eigenvalue weighted by molar-refractivity contribution is 7.10. The number of methoxy groups -OCH3 is 2. The molecular weight excluding hydrogens is 350 g/mol. The number of thiazole rings is 1. The highest BCUT2D eigenvalue weighted by Gasteiger charge is 2.08. The molecule has 5 nitrogen and oxygen atoms in total.